The molecule has 4 N–H and O–H groups in total. The highest BCUT2D eigenvalue weighted by Crippen LogP contribution is 2.40. The average molecular weight is 718 g/mol. The van der Waals surface area contributed by atoms with Crippen molar-refractivity contribution in [3.63, 3.8) is 0 Å². The molecule has 0 bridgehead atoms. The van der Waals surface area contributed by atoms with Crippen LogP contribution < -0.4 is 0 Å². The van der Waals surface area contributed by atoms with Crippen molar-refractivity contribution in [2.75, 3.05) is 21.2 Å². The fourth-order valence-corrected chi connectivity index (χ4v) is 8.36. The molecule has 3 rings (SSSR count). The summed E-state index contributed by atoms with van der Waals surface area (Å²) in [5.41, 5.74) is -2.73. The molecular weight excluding hydrogens is 650 g/mol. The Hall–Kier alpha value is -1.26. The maximum absolute atomic E-state index is 14.0. The minimum absolute atomic E-state index is 0.0462. The minimum Gasteiger partial charge on any atom is -0.462 e. The van der Waals surface area contributed by atoms with E-state index < -0.39 is 102 Å². The zero-order chi connectivity index (χ0) is 38.0. The third kappa shape index (κ3) is 9.45. The van der Waals surface area contributed by atoms with Gasteiger partial charge in [-0.05, 0) is 68.0 Å². The monoisotopic (exact) mass is 717 g/mol. The molecule has 3 fully saturated rings. The molecule has 13 heteroatoms. The van der Waals surface area contributed by atoms with E-state index in [1.807, 2.05) is 32.8 Å². The summed E-state index contributed by atoms with van der Waals surface area (Å²) in [6, 6.07) is -0.297. The van der Waals surface area contributed by atoms with Crippen LogP contribution in [-0.2, 0) is 38.0 Å². The Morgan fingerprint density at radius 1 is 0.880 bits per heavy atom. The number of likely N-dealkylation sites (N-methyl/N-ethyl adjacent to an activating group) is 1. The lowest BCUT2D eigenvalue weighted by molar-refractivity contribution is -0.317. The molecule has 50 heavy (non-hydrogen) atoms. The lowest BCUT2D eigenvalue weighted by Crippen LogP contribution is -2.60. The number of esters is 1. The molecule has 0 aliphatic carbocycles. The Balaban J connectivity index is 2.16. The van der Waals surface area contributed by atoms with Crippen molar-refractivity contribution in [1.29, 1.82) is 0 Å². The molecule has 0 unspecified atom stereocenters. The molecule has 3 saturated heterocycles. The van der Waals surface area contributed by atoms with E-state index in [0.717, 1.165) is 0 Å². The largest absolute Gasteiger partial charge is 0.462 e. The summed E-state index contributed by atoms with van der Waals surface area (Å²) in [5, 5.41) is 46.0. The van der Waals surface area contributed by atoms with Crippen LogP contribution in [0.15, 0.2) is 0 Å². The molecule has 13 nitrogen and oxygen atoms in total. The van der Waals surface area contributed by atoms with E-state index in [1.54, 1.807) is 55.4 Å². The molecule has 3 aliphatic rings. The van der Waals surface area contributed by atoms with Crippen LogP contribution in [0.25, 0.3) is 0 Å². The third-order valence-corrected chi connectivity index (χ3v) is 11.8. The molecule has 0 aromatic rings. The maximum Gasteiger partial charge on any atom is 0.311 e. The summed E-state index contributed by atoms with van der Waals surface area (Å²) in [4.78, 5) is 29.7. The Bertz CT molecular complexity index is 1120. The second-order valence-corrected chi connectivity index (χ2v) is 16.2. The van der Waals surface area contributed by atoms with E-state index in [4.69, 9.17) is 28.4 Å². The number of aliphatic hydroxyl groups excluding tert-OH is 3. The van der Waals surface area contributed by atoms with Gasteiger partial charge in [-0.1, -0.05) is 34.6 Å². The topological polar surface area (TPSA) is 174 Å². The van der Waals surface area contributed by atoms with Crippen molar-refractivity contribution in [3.05, 3.63) is 0 Å². The van der Waals surface area contributed by atoms with Crippen LogP contribution in [0.3, 0.4) is 0 Å². The Labute approximate surface area is 299 Å². The van der Waals surface area contributed by atoms with Crippen molar-refractivity contribution in [3.8, 4) is 0 Å². The normalized spacial score (nSPS) is 49.0. The fourth-order valence-electron chi connectivity index (χ4n) is 8.36. The predicted molar refractivity (Wildman–Crippen MR) is 185 cm³/mol. The van der Waals surface area contributed by atoms with Crippen LogP contribution in [-0.4, -0.2) is 137 Å². The minimum atomic E-state index is -1.72. The summed E-state index contributed by atoms with van der Waals surface area (Å²) >= 11 is 0. The summed E-state index contributed by atoms with van der Waals surface area (Å²) in [6.45, 7) is 17.4. The van der Waals surface area contributed by atoms with Crippen molar-refractivity contribution >= 4 is 11.8 Å². The van der Waals surface area contributed by atoms with Gasteiger partial charge >= 0.3 is 5.97 Å². The van der Waals surface area contributed by atoms with Crippen LogP contribution in [0.4, 0.5) is 0 Å². The molecule has 0 radical (unpaired) electrons. The Morgan fingerprint density at radius 2 is 1.50 bits per heavy atom. The van der Waals surface area contributed by atoms with E-state index >= 15 is 0 Å². The molecule has 0 saturated carbocycles. The number of hydrogen-bond acceptors (Lipinski definition) is 13. The maximum atomic E-state index is 14.0. The van der Waals surface area contributed by atoms with E-state index in [1.165, 1.54) is 7.11 Å². The first-order chi connectivity index (χ1) is 23.1. The van der Waals surface area contributed by atoms with Gasteiger partial charge in [0.15, 0.2) is 12.6 Å². The van der Waals surface area contributed by atoms with E-state index in [0.29, 0.717) is 12.8 Å². The van der Waals surface area contributed by atoms with Gasteiger partial charge in [0.2, 0.25) is 0 Å². The quantitative estimate of drug-likeness (QED) is 0.284. The average Bonchev–Trinajstić information content (AvgIpc) is 3.05. The number of aliphatic hydroxyl groups is 4. The van der Waals surface area contributed by atoms with Gasteiger partial charge in [-0.3, -0.25) is 9.59 Å². The number of nitrogens with zero attached hydrogens (tertiary/aromatic N) is 1. The molecule has 0 aromatic heterocycles. The number of ether oxygens (including phenoxy) is 6. The number of hydrogen-bond donors (Lipinski definition) is 4. The lowest BCUT2D eigenvalue weighted by atomic mass is 9.74. The molecular formula is C37H67NO12. The van der Waals surface area contributed by atoms with Gasteiger partial charge in [0.25, 0.3) is 0 Å². The molecule has 0 spiro atoms. The van der Waals surface area contributed by atoms with Gasteiger partial charge in [0.1, 0.15) is 24.1 Å². The van der Waals surface area contributed by atoms with Crippen LogP contribution >= 0.6 is 0 Å². The molecule has 18 atom stereocenters. The molecule has 292 valence electrons. The molecule has 3 heterocycles. The smallest absolute Gasteiger partial charge is 0.311 e. The molecule has 3 aliphatic heterocycles. The van der Waals surface area contributed by atoms with Gasteiger partial charge in [-0.2, -0.15) is 0 Å². The molecule has 0 amide bonds. The highest BCUT2D eigenvalue weighted by atomic mass is 16.7. The summed E-state index contributed by atoms with van der Waals surface area (Å²) in [7, 11) is 5.23. The van der Waals surface area contributed by atoms with Crippen LogP contribution in [0, 0.1) is 29.6 Å². The van der Waals surface area contributed by atoms with Crippen LogP contribution in [0.2, 0.25) is 0 Å². The second-order valence-electron chi connectivity index (χ2n) is 16.2. The standard InChI is InChI=1S/C37H67NO12/c1-14-26-20(4)29(40)21(5)28(39)18(2)16-36(9,44)33(50-35-30(41)25(38(11)12)15-19(3)46-35)22(6)31(23(7)34(43)48-26)49-27-17-37(10,45-13)32(42)24(8)47-27/h18-27,29-33,35,40-42,44H,14-17H2,1-13H3/t18-,19+,20-,21+,22+,23-,24-,25-,26-,27+,29+,30+,31-,32-,33-,35-,36-,37-/m1/s1. The fraction of sp³-hybridized carbons (Fsp3) is 0.946. The SMILES string of the molecule is CC[C@H]1OC(=O)[C@H](C)[C@H](O[C@H]2C[C@@](C)(OC)[C@H](O)[C@@H](C)O2)[C@H](C)[C@@H](O[C@H]2O[C@@H](C)C[C@@H](N(C)C)[C@@H]2O)[C@](C)(O)C[C@@H](C)C(=O)[C@H](C)[C@@H](O)[C@@H]1C. The predicted octanol–water partition coefficient (Wildman–Crippen LogP) is 2.67. The first-order valence-corrected chi connectivity index (χ1v) is 18.4. The third-order valence-electron chi connectivity index (χ3n) is 11.8. The Morgan fingerprint density at radius 3 is 2.06 bits per heavy atom. The van der Waals surface area contributed by atoms with Crippen LogP contribution in [0.1, 0.15) is 94.9 Å². The molecule has 0 aromatic carbocycles. The zero-order valence-electron chi connectivity index (χ0n) is 32.6. The highest BCUT2D eigenvalue weighted by Gasteiger charge is 2.52. The van der Waals surface area contributed by atoms with Gasteiger partial charge in [-0.25, -0.2) is 0 Å². The van der Waals surface area contributed by atoms with Crippen molar-refractivity contribution in [1.82, 2.24) is 4.90 Å². The number of rotatable bonds is 7. The summed E-state index contributed by atoms with van der Waals surface area (Å²) < 4.78 is 37.3. The first-order valence-electron chi connectivity index (χ1n) is 18.4. The Kier molecular flexibility index (Phi) is 14.9. The number of ketones is 1. The second kappa shape index (κ2) is 17.3. The lowest BCUT2D eigenvalue weighted by Gasteiger charge is -2.49. The van der Waals surface area contributed by atoms with E-state index in [9.17, 15) is 30.0 Å². The number of cyclic esters (lactones) is 1. The number of Topliss-reactive ketones (excluding diaryl/α,β-unsaturated/α-hetero) is 1. The highest BCUT2D eigenvalue weighted by molar-refractivity contribution is 5.83. The van der Waals surface area contributed by atoms with Crippen molar-refractivity contribution < 1.29 is 58.4 Å². The number of carbonyl (C=O) groups is 2. The van der Waals surface area contributed by atoms with Gasteiger partial charge in [0.05, 0.1) is 47.6 Å². The van der Waals surface area contributed by atoms with E-state index in [-0.39, 0.29) is 30.8 Å². The zero-order valence-corrected chi connectivity index (χ0v) is 32.6. The number of carbonyl (C=O) groups excluding carboxylic acids is 2. The van der Waals surface area contributed by atoms with Crippen molar-refractivity contribution in [2.24, 2.45) is 29.6 Å². The summed E-state index contributed by atoms with van der Waals surface area (Å²) in [5.74, 6) is -4.59. The first kappa shape index (κ1) is 43.1. The number of methoxy groups -OCH3 is 1. The van der Waals surface area contributed by atoms with Gasteiger partial charge in [-0.15, -0.1) is 0 Å². The van der Waals surface area contributed by atoms with Crippen LogP contribution in [0.5, 0.6) is 0 Å². The van der Waals surface area contributed by atoms with Crippen molar-refractivity contribution in [2.45, 2.75) is 174 Å². The summed E-state index contributed by atoms with van der Waals surface area (Å²) in [6.07, 6.45) is -7.91. The van der Waals surface area contributed by atoms with E-state index in [2.05, 4.69) is 0 Å². The van der Waals surface area contributed by atoms with Gasteiger partial charge < -0.3 is 53.7 Å². The van der Waals surface area contributed by atoms with Gasteiger partial charge in [0, 0.05) is 43.2 Å².